The molecule has 0 bridgehead atoms. The summed E-state index contributed by atoms with van der Waals surface area (Å²) in [4.78, 5) is 4.75. The topological polar surface area (TPSA) is 17.8 Å². The van der Waals surface area contributed by atoms with Crippen LogP contribution in [0.25, 0.3) is 11.0 Å². The molecule has 0 saturated carbocycles. The molecular formula is C18H18N2S. The lowest BCUT2D eigenvalue weighted by Gasteiger charge is -2.06. The van der Waals surface area contributed by atoms with E-state index in [0.29, 0.717) is 0 Å². The molecule has 0 unspecified atom stereocenters. The summed E-state index contributed by atoms with van der Waals surface area (Å²) >= 11 is 1.78. The van der Waals surface area contributed by atoms with E-state index in [9.17, 15) is 0 Å². The number of rotatable bonds is 5. The number of nitrogens with zero attached hydrogens (tertiary/aromatic N) is 2. The summed E-state index contributed by atoms with van der Waals surface area (Å²) in [6.45, 7) is 6.77. The van der Waals surface area contributed by atoms with Crippen molar-refractivity contribution >= 4 is 22.8 Å². The lowest BCUT2D eigenvalue weighted by molar-refractivity contribution is 0.748. The summed E-state index contributed by atoms with van der Waals surface area (Å²) in [6, 6.07) is 16.9. The minimum absolute atomic E-state index is 0.788. The van der Waals surface area contributed by atoms with Crippen molar-refractivity contribution < 1.29 is 0 Å². The molecule has 0 saturated heterocycles. The van der Waals surface area contributed by atoms with Crippen LogP contribution in [0.3, 0.4) is 0 Å². The molecule has 1 aromatic heterocycles. The Hall–Kier alpha value is -2.00. The van der Waals surface area contributed by atoms with Gasteiger partial charge < -0.3 is 4.57 Å². The van der Waals surface area contributed by atoms with E-state index >= 15 is 0 Å². The molecule has 0 spiro atoms. The number of hydrogen-bond donors (Lipinski definition) is 0. The number of thioether (sulfide) groups is 1. The molecule has 2 aromatic carbocycles. The van der Waals surface area contributed by atoms with Gasteiger partial charge in [-0.15, -0.1) is 6.58 Å². The van der Waals surface area contributed by atoms with Gasteiger partial charge in [-0.3, -0.25) is 0 Å². The van der Waals surface area contributed by atoms with E-state index in [2.05, 4.69) is 60.5 Å². The molecule has 1 heterocycles. The Bertz CT molecular complexity index is 774. The number of aromatic nitrogens is 2. The number of fused-ring (bicyclic) bond motifs is 1. The standard InChI is InChI=1S/C18H18N2S/c1-3-11-20-17-10-5-4-9-16(17)19-18(20)21-13-15-8-6-7-14(2)12-15/h3-10,12H,1,11,13H2,2H3. The summed E-state index contributed by atoms with van der Waals surface area (Å²) in [6.07, 6.45) is 1.92. The molecule has 3 rings (SSSR count). The Balaban J connectivity index is 1.89. The second-order valence-corrected chi connectivity index (χ2v) is 6.00. The van der Waals surface area contributed by atoms with E-state index in [1.807, 2.05) is 12.1 Å². The zero-order chi connectivity index (χ0) is 14.7. The SMILES string of the molecule is C=CCn1c(SCc2cccc(C)c2)nc2ccccc21. The van der Waals surface area contributed by atoms with Crippen molar-refractivity contribution in [3.05, 3.63) is 72.3 Å². The molecule has 3 heteroatoms. The quantitative estimate of drug-likeness (QED) is 0.496. The molecule has 0 amide bonds. The second kappa shape index (κ2) is 6.19. The molecular weight excluding hydrogens is 276 g/mol. The number of benzene rings is 2. The van der Waals surface area contributed by atoms with Gasteiger partial charge in [0.05, 0.1) is 11.0 Å². The maximum absolute atomic E-state index is 4.75. The van der Waals surface area contributed by atoms with E-state index in [4.69, 9.17) is 4.98 Å². The third-order valence-electron chi connectivity index (χ3n) is 3.38. The van der Waals surface area contributed by atoms with Crippen molar-refractivity contribution in [2.45, 2.75) is 24.4 Å². The van der Waals surface area contributed by atoms with Crippen molar-refractivity contribution in [1.29, 1.82) is 0 Å². The first kappa shape index (κ1) is 14.0. The normalized spacial score (nSPS) is 10.9. The van der Waals surface area contributed by atoms with Crippen LogP contribution in [-0.2, 0) is 12.3 Å². The minimum atomic E-state index is 0.788. The summed E-state index contributed by atoms with van der Waals surface area (Å²) in [5, 5.41) is 1.05. The molecule has 106 valence electrons. The highest BCUT2D eigenvalue weighted by Gasteiger charge is 2.09. The van der Waals surface area contributed by atoms with Crippen LogP contribution in [0.2, 0.25) is 0 Å². The van der Waals surface area contributed by atoms with Crippen LogP contribution in [0.4, 0.5) is 0 Å². The highest BCUT2D eigenvalue weighted by molar-refractivity contribution is 7.98. The maximum Gasteiger partial charge on any atom is 0.169 e. The predicted molar refractivity (Wildman–Crippen MR) is 90.7 cm³/mol. The molecule has 0 aliphatic carbocycles. The van der Waals surface area contributed by atoms with Crippen LogP contribution in [0, 0.1) is 6.92 Å². The van der Waals surface area contributed by atoms with Gasteiger partial charge in [-0.05, 0) is 24.6 Å². The Morgan fingerprint density at radius 3 is 2.86 bits per heavy atom. The van der Waals surface area contributed by atoms with Gasteiger partial charge in [0.15, 0.2) is 5.16 Å². The predicted octanol–water partition coefficient (Wildman–Crippen LogP) is 4.82. The zero-order valence-electron chi connectivity index (χ0n) is 12.1. The number of hydrogen-bond acceptors (Lipinski definition) is 2. The fourth-order valence-corrected chi connectivity index (χ4v) is 3.39. The van der Waals surface area contributed by atoms with Gasteiger partial charge in [0.1, 0.15) is 0 Å². The minimum Gasteiger partial charge on any atom is -0.315 e. The smallest absolute Gasteiger partial charge is 0.169 e. The van der Waals surface area contributed by atoms with E-state index in [1.54, 1.807) is 11.8 Å². The van der Waals surface area contributed by atoms with Gasteiger partial charge in [-0.2, -0.15) is 0 Å². The van der Waals surface area contributed by atoms with Crippen LogP contribution in [0.5, 0.6) is 0 Å². The number of aryl methyl sites for hydroxylation is 1. The van der Waals surface area contributed by atoms with Crippen LogP contribution in [0.15, 0.2) is 66.3 Å². The Labute approximate surface area is 129 Å². The largest absolute Gasteiger partial charge is 0.315 e. The van der Waals surface area contributed by atoms with Crippen LogP contribution in [0.1, 0.15) is 11.1 Å². The molecule has 0 aliphatic heterocycles. The summed E-state index contributed by atoms with van der Waals surface area (Å²) in [7, 11) is 0. The average Bonchev–Trinajstić information content (AvgIpc) is 2.84. The maximum atomic E-state index is 4.75. The lowest BCUT2D eigenvalue weighted by Crippen LogP contribution is -1.97. The Morgan fingerprint density at radius 1 is 1.19 bits per heavy atom. The van der Waals surface area contributed by atoms with Gasteiger partial charge in [0.2, 0.25) is 0 Å². The molecule has 0 radical (unpaired) electrons. The fraction of sp³-hybridized carbons (Fsp3) is 0.167. The second-order valence-electron chi connectivity index (χ2n) is 5.06. The summed E-state index contributed by atoms with van der Waals surface area (Å²) < 4.78 is 2.22. The number of para-hydroxylation sites is 2. The van der Waals surface area contributed by atoms with Gasteiger partial charge >= 0.3 is 0 Å². The van der Waals surface area contributed by atoms with Crippen molar-refractivity contribution in [2.75, 3.05) is 0 Å². The van der Waals surface area contributed by atoms with Crippen molar-refractivity contribution in [3.63, 3.8) is 0 Å². The first-order valence-corrected chi connectivity index (χ1v) is 8.01. The van der Waals surface area contributed by atoms with Crippen LogP contribution >= 0.6 is 11.8 Å². The lowest BCUT2D eigenvalue weighted by atomic mass is 10.2. The molecule has 0 N–H and O–H groups in total. The molecule has 0 fully saturated rings. The molecule has 3 aromatic rings. The van der Waals surface area contributed by atoms with Crippen LogP contribution < -0.4 is 0 Å². The number of allylic oxidation sites excluding steroid dienone is 1. The molecule has 21 heavy (non-hydrogen) atoms. The monoisotopic (exact) mass is 294 g/mol. The third-order valence-corrected chi connectivity index (χ3v) is 4.43. The zero-order valence-corrected chi connectivity index (χ0v) is 12.9. The Morgan fingerprint density at radius 2 is 2.05 bits per heavy atom. The highest BCUT2D eigenvalue weighted by atomic mass is 32.2. The highest BCUT2D eigenvalue weighted by Crippen LogP contribution is 2.27. The summed E-state index contributed by atoms with van der Waals surface area (Å²) in [5.74, 6) is 0.933. The fourth-order valence-electron chi connectivity index (χ4n) is 2.42. The Kier molecular flexibility index (Phi) is 4.11. The van der Waals surface area contributed by atoms with E-state index in [-0.39, 0.29) is 0 Å². The van der Waals surface area contributed by atoms with Crippen molar-refractivity contribution in [2.24, 2.45) is 0 Å². The molecule has 0 aliphatic rings. The van der Waals surface area contributed by atoms with Gasteiger partial charge in [0.25, 0.3) is 0 Å². The van der Waals surface area contributed by atoms with E-state index in [1.165, 1.54) is 16.6 Å². The van der Waals surface area contributed by atoms with Crippen LogP contribution in [-0.4, -0.2) is 9.55 Å². The van der Waals surface area contributed by atoms with Crippen molar-refractivity contribution in [3.8, 4) is 0 Å². The van der Waals surface area contributed by atoms with Crippen molar-refractivity contribution in [1.82, 2.24) is 9.55 Å². The third kappa shape index (κ3) is 3.03. The first-order chi connectivity index (χ1) is 10.3. The number of imidazole rings is 1. The van der Waals surface area contributed by atoms with Gasteiger partial charge in [0, 0.05) is 12.3 Å². The van der Waals surface area contributed by atoms with Gasteiger partial charge in [-0.1, -0.05) is 59.8 Å². The van der Waals surface area contributed by atoms with E-state index < -0.39 is 0 Å². The molecule has 0 atom stereocenters. The average molecular weight is 294 g/mol. The van der Waals surface area contributed by atoms with E-state index in [0.717, 1.165) is 23.0 Å². The summed E-state index contributed by atoms with van der Waals surface area (Å²) in [5.41, 5.74) is 4.85. The molecule has 2 nitrogen and oxygen atoms in total. The first-order valence-electron chi connectivity index (χ1n) is 7.02. The van der Waals surface area contributed by atoms with Gasteiger partial charge in [-0.25, -0.2) is 4.98 Å².